The molecule has 9 heteroatoms. The lowest BCUT2D eigenvalue weighted by Gasteiger charge is -2.24. The highest BCUT2D eigenvalue weighted by atomic mass is 35.5. The average Bonchev–Trinajstić information content (AvgIpc) is 3.21. The molecule has 1 aliphatic rings. The zero-order valence-corrected chi connectivity index (χ0v) is 21.7. The van der Waals surface area contributed by atoms with Gasteiger partial charge >= 0.3 is 0 Å². The van der Waals surface area contributed by atoms with Gasteiger partial charge in [0.2, 0.25) is 11.9 Å². The Morgan fingerprint density at radius 3 is 2.68 bits per heavy atom. The molecule has 8 nitrogen and oxygen atoms in total. The summed E-state index contributed by atoms with van der Waals surface area (Å²) < 4.78 is 12.0. The van der Waals surface area contributed by atoms with Gasteiger partial charge in [-0.3, -0.25) is 4.79 Å². The van der Waals surface area contributed by atoms with Gasteiger partial charge in [0, 0.05) is 33.5 Å². The zero-order valence-electron chi connectivity index (χ0n) is 21.0. The Balaban J connectivity index is 1.58. The standard InChI is InChI=1S/C25H36ClN5O3/c1-17(28-18(2)32)19-7-9-20(10-8-19)34-21-11-12-31(16-21)23-22(26)15-27-24(29-23)30(6)13-14-33-25(3,4)5/h7-10,15,17,21H,11-14,16H2,1-6H3,(H,28,32)/t17-,21+/m0/s1. The number of hydrogen-bond acceptors (Lipinski definition) is 7. The fraction of sp³-hybridized carbons (Fsp3) is 0.560. The second-order valence-electron chi connectivity index (χ2n) is 9.69. The van der Waals surface area contributed by atoms with Crippen LogP contribution in [0.3, 0.4) is 0 Å². The summed E-state index contributed by atoms with van der Waals surface area (Å²) in [5.74, 6) is 2.10. The number of carbonyl (C=O) groups excluding carboxylic acids is 1. The first-order valence-electron chi connectivity index (χ1n) is 11.7. The normalized spacial score (nSPS) is 16.9. The van der Waals surface area contributed by atoms with E-state index in [4.69, 9.17) is 26.1 Å². The highest BCUT2D eigenvalue weighted by Crippen LogP contribution is 2.29. The zero-order chi connectivity index (χ0) is 24.9. The summed E-state index contributed by atoms with van der Waals surface area (Å²) >= 11 is 6.46. The maximum absolute atomic E-state index is 11.3. The molecular formula is C25H36ClN5O3. The van der Waals surface area contributed by atoms with Gasteiger partial charge in [-0.25, -0.2) is 4.98 Å². The Morgan fingerprint density at radius 1 is 1.32 bits per heavy atom. The molecule has 1 aliphatic heterocycles. The number of nitrogens with zero attached hydrogens (tertiary/aromatic N) is 4. The quantitative estimate of drug-likeness (QED) is 0.564. The van der Waals surface area contributed by atoms with Crippen molar-refractivity contribution >= 4 is 29.3 Å². The van der Waals surface area contributed by atoms with E-state index >= 15 is 0 Å². The van der Waals surface area contributed by atoms with E-state index in [2.05, 4.69) is 15.2 Å². The Bertz CT molecular complexity index is 964. The molecule has 0 aliphatic carbocycles. The Morgan fingerprint density at radius 2 is 2.03 bits per heavy atom. The summed E-state index contributed by atoms with van der Waals surface area (Å²) in [6.45, 7) is 12.4. The summed E-state index contributed by atoms with van der Waals surface area (Å²) in [7, 11) is 1.95. The summed E-state index contributed by atoms with van der Waals surface area (Å²) in [6, 6.07) is 7.81. The molecule has 186 valence electrons. The van der Waals surface area contributed by atoms with Crippen molar-refractivity contribution in [2.45, 2.75) is 58.8 Å². The molecule has 2 heterocycles. The summed E-state index contributed by atoms with van der Waals surface area (Å²) in [4.78, 5) is 24.5. The fourth-order valence-electron chi connectivity index (χ4n) is 3.78. The predicted octanol–water partition coefficient (Wildman–Crippen LogP) is 4.24. The molecule has 0 unspecified atom stereocenters. The predicted molar refractivity (Wildman–Crippen MR) is 136 cm³/mol. The number of benzene rings is 1. The van der Waals surface area contributed by atoms with Crippen molar-refractivity contribution in [2.75, 3.05) is 43.1 Å². The maximum Gasteiger partial charge on any atom is 0.227 e. The van der Waals surface area contributed by atoms with Crippen LogP contribution in [0.5, 0.6) is 5.75 Å². The van der Waals surface area contributed by atoms with Crippen molar-refractivity contribution in [3.05, 3.63) is 41.0 Å². The molecule has 1 aromatic carbocycles. The molecule has 2 aromatic rings. The van der Waals surface area contributed by atoms with Crippen LogP contribution in [0.15, 0.2) is 30.5 Å². The minimum absolute atomic E-state index is 0.0333. The van der Waals surface area contributed by atoms with Crippen LogP contribution >= 0.6 is 11.6 Å². The molecule has 1 amide bonds. The van der Waals surface area contributed by atoms with E-state index in [9.17, 15) is 4.79 Å². The van der Waals surface area contributed by atoms with E-state index in [-0.39, 0.29) is 23.7 Å². The van der Waals surface area contributed by atoms with E-state index in [1.807, 2.05) is 63.9 Å². The minimum Gasteiger partial charge on any atom is -0.489 e. The second-order valence-corrected chi connectivity index (χ2v) is 10.1. The first-order chi connectivity index (χ1) is 16.0. The summed E-state index contributed by atoms with van der Waals surface area (Å²) in [5.41, 5.74) is 0.856. The highest BCUT2D eigenvalue weighted by molar-refractivity contribution is 6.32. The molecule has 3 rings (SSSR count). The smallest absolute Gasteiger partial charge is 0.227 e. The molecule has 1 N–H and O–H groups in total. The molecule has 1 aromatic heterocycles. The number of anilines is 2. The third-order valence-corrected chi connectivity index (χ3v) is 5.83. The summed E-state index contributed by atoms with van der Waals surface area (Å²) in [5, 5.41) is 3.42. The Labute approximate surface area is 207 Å². The molecule has 1 fully saturated rings. The van der Waals surface area contributed by atoms with Gasteiger partial charge in [0.25, 0.3) is 0 Å². The van der Waals surface area contributed by atoms with Crippen molar-refractivity contribution in [2.24, 2.45) is 0 Å². The van der Waals surface area contributed by atoms with E-state index in [1.54, 1.807) is 6.20 Å². The summed E-state index contributed by atoms with van der Waals surface area (Å²) in [6.07, 6.45) is 2.56. The number of rotatable bonds is 9. The van der Waals surface area contributed by atoms with Gasteiger partial charge < -0.3 is 24.6 Å². The average molecular weight is 490 g/mol. The number of likely N-dealkylation sites (N-methyl/N-ethyl adjacent to an activating group) is 1. The topological polar surface area (TPSA) is 79.8 Å². The molecular weight excluding hydrogens is 454 g/mol. The number of carbonyl (C=O) groups is 1. The largest absolute Gasteiger partial charge is 0.489 e. The molecule has 2 atom stereocenters. The van der Waals surface area contributed by atoms with Crippen LogP contribution in [0.25, 0.3) is 0 Å². The molecule has 0 saturated carbocycles. The third-order valence-electron chi connectivity index (χ3n) is 5.56. The number of ether oxygens (including phenoxy) is 2. The molecule has 0 bridgehead atoms. The molecule has 34 heavy (non-hydrogen) atoms. The van der Waals surface area contributed by atoms with Gasteiger partial charge in [0.05, 0.1) is 31.0 Å². The maximum atomic E-state index is 11.3. The van der Waals surface area contributed by atoms with E-state index < -0.39 is 0 Å². The van der Waals surface area contributed by atoms with E-state index in [1.165, 1.54) is 6.92 Å². The molecule has 0 spiro atoms. The third kappa shape index (κ3) is 7.46. The van der Waals surface area contributed by atoms with Crippen molar-refractivity contribution < 1.29 is 14.3 Å². The van der Waals surface area contributed by atoms with Crippen molar-refractivity contribution in [3.63, 3.8) is 0 Å². The lowest BCUT2D eigenvalue weighted by atomic mass is 10.1. The van der Waals surface area contributed by atoms with Gasteiger partial charge in [-0.2, -0.15) is 4.98 Å². The van der Waals surface area contributed by atoms with Crippen molar-refractivity contribution in [3.8, 4) is 5.75 Å². The molecule has 0 radical (unpaired) electrons. The van der Waals surface area contributed by atoms with Gasteiger partial charge in [0.1, 0.15) is 16.9 Å². The van der Waals surface area contributed by atoms with E-state index in [0.717, 1.165) is 30.1 Å². The van der Waals surface area contributed by atoms with Crippen LogP contribution in [-0.4, -0.2) is 60.9 Å². The molecule has 1 saturated heterocycles. The van der Waals surface area contributed by atoms with Crippen LogP contribution in [0.4, 0.5) is 11.8 Å². The minimum atomic E-state index is -0.179. The van der Waals surface area contributed by atoms with Crippen molar-refractivity contribution in [1.82, 2.24) is 15.3 Å². The van der Waals surface area contributed by atoms with Gasteiger partial charge in [0.15, 0.2) is 5.82 Å². The van der Waals surface area contributed by atoms with Crippen LogP contribution in [0.2, 0.25) is 5.02 Å². The number of amides is 1. The highest BCUT2D eigenvalue weighted by Gasteiger charge is 2.27. The van der Waals surface area contributed by atoms with Crippen LogP contribution in [0.1, 0.15) is 52.6 Å². The lowest BCUT2D eigenvalue weighted by molar-refractivity contribution is -0.119. The number of nitrogens with one attached hydrogen (secondary N) is 1. The Hall–Kier alpha value is -2.58. The monoisotopic (exact) mass is 489 g/mol. The number of halogens is 1. The lowest BCUT2D eigenvalue weighted by Crippen LogP contribution is -2.30. The van der Waals surface area contributed by atoms with E-state index in [0.29, 0.717) is 30.7 Å². The van der Waals surface area contributed by atoms with Gasteiger partial charge in [-0.15, -0.1) is 0 Å². The second kappa shape index (κ2) is 11.2. The van der Waals surface area contributed by atoms with Crippen LogP contribution < -0.4 is 19.9 Å². The van der Waals surface area contributed by atoms with Crippen LogP contribution in [-0.2, 0) is 9.53 Å². The SMILES string of the molecule is CC(=O)N[C@@H](C)c1ccc(O[C@@H]2CCN(c3nc(N(C)CCOC(C)(C)C)ncc3Cl)C2)cc1. The Kier molecular flexibility index (Phi) is 8.60. The first-order valence-corrected chi connectivity index (χ1v) is 12.1. The van der Waals surface area contributed by atoms with Gasteiger partial charge in [-0.05, 0) is 45.4 Å². The van der Waals surface area contributed by atoms with Gasteiger partial charge in [-0.1, -0.05) is 23.7 Å². The number of hydrogen-bond donors (Lipinski definition) is 1. The van der Waals surface area contributed by atoms with Crippen molar-refractivity contribution in [1.29, 1.82) is 0 Å². The fourth-order valence-corrected chi connectivity index (χ4v) is 3.99. The van der Waals surface area contributed by atoms with Crippen LogP contribution in [0, 0.1) is 0 Å². The first kappa shape index (κ1) is 26.0. The number of aromatic nitrogens is 2.